The van der Waals surface area contributed by atoms with Crippen LogP contribution in [0.5, 0.6) is 0 Å². The summed E-state index contributed by atoms with van der Waals surface area (Å²) in [6, 6.07) is 15.4. The Morgan fingerprint density at radius 3 is 2.00 bits per heavy atom. The molecule has 3 rings (SSSR count). The number of rotatable bonds is 18. The molecule has 2 atom stereocenters. The molecule has 2 aromatic rings. The van der Waals surface area contributed by atoms with E-state index >= 15 is 0 Å². The summed E-state index contributed by atoms with van der Waals surface area (Å²) in [4.78, 5) is 5.55. The van der Waals surface area contributed by atoms with Crippen LogP contribution >= 0.6 is 0 Å². The van der Waals surface area contributed by atoms with Crippen molar-refractivity contribution in [3.8, 4) is 0 Å². The van der Waals surface area contributed by atoms with Crippen LogP contribution in [-0.2, 0) is 6.54 Å². The smallest absolute Gasteiger partial charge is 0.0507 e. The molecule has 0 spiro atoms. The molecular weight excluding hydrogens is 464 g/mol. The molecule has 38 heavy (non-hydrogen) atoms. The van der Waals surface area contributed by atoms with Gasteiger partial charge in [-0.3, -0.25) is 9.80 Å². The van der Waals surface area contributed by atoms with Crippen LogP contribution in [0.4, 0.5) is 0 Å². The highest BCUT2D eigenvalue weighted by Crippen LogP contribution is 2.24. The first-order chi connectivity index (χ1) is 18.5. The maximum Gasteiger partial charge on any atom is 0.0507 e. The predicted molar refractivity (Wildman–Crippen MR) is 167 cm³/mol. The van der Waals surface area contributed by atoms with E-state index in [4.69, 9.17) is 0 Å². The number of fused-ring (bicyclic) bond motifs is 1. The van der Waals surface area contributed by atoms with Gasteiger partial charge in [0, 0.05) is 51.4 Å². The summed E-state index contributed by atoms with van der Waals surface area (Å²) in [7, 11) is 0. The minimum Gasteiger partial charge on any atom is -0.311 e. The number of nitrogens with zero attached hydrogens (tertiary/aromatic N) is 2. The normalized spacial score (nSPS) is 20.7. The molecule has 0 bridgehead atoms. The third kappa shape index (κ3) is 9.93. The predicted octanol–water partition coefficient (Wildman–Crippen LogP) is 7.29. The van der Waals surface area contributed by atoms with Crippen molar-refractivity contribution < 1.29 is 0 Å². The lowest BCUT2D eigenvalue weighted by Gasteiger charge is -2.48. The lowest BCUT2D eigenvalue weighted by atomic mass is 9.93. The lowest BCUT2D eigenvalue weighted by molar-refractivity contribution is 0.00519. The largest absolute Gasteiger partial charge is 0.311 e. The maximum atomic E-state index is 4.00. The van der Waals surface area contributed by atoms with Gasteiger partial charge in [0.25, 0.3) is 0 Å². The third-order valence-corrected chi connectivity index (χ3v) is 8.71. The highest BCUT2D eigenvalue weighted by molar-refractivity contribution is 5.85. The number of nitrogens with one attached hydrogen (secondary N) is 2. The fourth-order valence-corrected chi connectivity index (χ4v) is 6.46. The minimum atomic E-state index is 0.130. The van der Waals surface area contributed by atoms with Gasteiger partial charge in [-0.2, -0.15) is 0 Å². The molecule has 0 aliphatic carbocycles. The standard InChI is InChI=1S/C34H58N4/c1-6-10-15-29(8-3)24-37-26-34(5,27-38(28-37)25-30(9-4)16-11-7-2)36-22-21-35-23-32-19-14-18-31-17-12-13-20-33(31)32/h12-14,17-20,29-30,35-36H,6-11,15-16,21-28H2,1-5H3. The van der Waals surface area contributed by atoms with Crippen LogP contribution < -0.4 is 10.6 Å². The van der Waals surface area contributed by atoms with Crippen molar-refractivity contribution in [1.82, 2.24) is 20.4 Å². The topological polar surface area (TPSA) is 30.5 Å². The summed E-state index contributed by atoms with van der Waals surface area (Å²) in [5.41, 5.74) is 1.52. The van der Waals surface area contributed by atoms with E-state index in [9.17, 15) is 0 Å². The first kappa shape index (κ1) is 31.1. The van der Waals surface area contributed by atoms with E-state index in [0.29, 0.717) is 0 Å². The van der Waals surface area contributed by atoms with Crippen LogP contribution in [0.15, 0.2) is 42.5 Å². The molecular formula is C34H58N4. The van der Waals surface area contributed by atoms with E-state index in [2.05, 4.69) is 97.5 Å². The number of benzene rings is 2. The summed E-state index contributed by atoms with van der Waals surface area (Å²) in [5, 5.41) is 10.4. The summed E-state index contributed by atoms with van der Waals surface area (Å²) in [6.45, 7) is 20.7. The second-order valence-corrected chi connectivity index (χ2v) is 12.3. The summed E-state index contributed by atoms with van der Waals surface area (Å²) in [6.07, 6.45) is 10.7. The van der Waals surface area contributed by atoms with E-state index < -0.39 is 0 Å². The molecule has 0 amide bonds. The van der Waals surface area contributed by atoms with Gasteiger partial charge in [0.05, 0.1) is 6.67 Å². The van der Waals surface area contributed by atoms with Crippen molar-refractivity contribution in [2.75, 3.05) is 45.9 Å². The Hall–Kier alpha value is -1.46. The Balaban J connectivity index is 1.56. The molecule has 0 radical (unpaired) electrons. The zero-order chi connectivity index (χ0) is 27.2. The first-order valence-electron chi connectivity index (χ1n) is 15.9. The maximum absolute atomic E-state index is 4.00. The fraction of sp³-hybridized carbons (Fsp3) is 0.706. The van der Waals surface area contributed by atoms with Crippen LogP contribution in [0.25, 0.3) is 10.8 Å². The average Bonchev–Trinajstić information content (AvgIpc) is 2.92. The van der Waals surface area contributed by atoms with Gasteiger partial charge >= 0.3 is 0 Å². The molecule has 214 valence electrons. The molecule has 1 aliphatic heterocycles. The Morgan fingerprint density at radius 2 is 1.39 bits per heavy atom. The summed E-state index contributed by atoms with van der Waals surface area (Å²) >= 11 is 0. The SMILES string of the molecule is CCCCC(CC)CN1CN(CC(CC)CCCC)CC(C)(NCCNCc2cccc3ccccc23)C1. The minimum absolute atomic E-state index is 0.130. The molecule has 2 unspecified atom stereocenters. The second kappa shape index (κ2) is 16.6. The molecule has 0 aromatic heterocycles. The Morgan fingerprint density at radius 1 is 0.789 bits per heavy atom. The van der Waals surface area contributed by atoms with Gasteiger partial charge in [-0.1, -0.05) is 109 Å². The Labute approximate surface area is 234 Å². The van der Waals surface area contributed by atoms with Gasteiger partial charge in [0.1, 0.15) is 0 Å². The quantitative estimate of drug-likeness (QED) is 0.201. The number of hydrogen-bond acceptors (Lipinski definition) is 4. The van der Waals surface area contributed by atoms with Crippen molar-refractivity contribution >= 4 is 10.8 Å². The van der Waals surface area contributed by atoms with Crippen molar-refractivity contribution in [2.45, 2.75) is 98.1 Å². The molecule has 4 nitrogen and oxygen atoms in total. The van der Waals surface area contributed by atoms with Crippen LogP contribution in [0.2, 0.25) is 0 Å². The Kier molecular flexibility index (Phi) is 13.6. The van der Waals surface area contributed by atoms with Crippen LogP contribution in [0.1, 0.15) is 91.5 Å². The summed E-state index contributed by atoms with van der Waals surface area (Å²) < 4.78 is 0. The van der Waals surface area contributed by atoms with E-state index in [1.54, 1.807) is 0 Å². The van der Waals surface area contributed by atoms with Crippen molar-refractivity contribution in [1.29, 1.82) is 0 Å². The lowest BCUT2D eigenvalue weighted by Crippen LogP contribution is -2.65. The fourth-order valence-electron chi connectivity index (χ4n) is 6.46. The zero-order valence-electron chi connectivity index (χ0n) is 25.4. The van der Waals surface area contributed by atoms with Crippen LogP contribution in [0, 0.1) is 11.8 Å². The van der Waals surface area contributed by atoms with Crippen LogP contribution in [-0.4, -0.2) is 61.3 Å². The number of hydrogen-bond donors (Lipinski definition) is 2. The number of unbranched alkanes of at least 4 members (excludes halogenated alkanes) is 2. The zero-order valence-corrected chi connectivity index (χ0v) is 25.4. The van der Waals surface area contributed by atoms with E-state index in [1.165, 1.54) is 80.8 Å². The molecule has 0 saturated carbocycles. The molecule has 2 N–H and O–H groups in total. The van der Waals surface area contributed by atoms with Crippen molar-refractivity contribution in [3.63, 3.8) is 0 Å². The van der Waals surface area contributed by atoms with E-state index in [-0.39, 0.29) is 5.54 Å². The second-order valence-electron chi connectivity index (χ2n) is 12.3. The third-order valence-electron chi connectivity index (χ3n) is 8.71. The Bertz CT molecular complexity index is 881. The van der Waals surface area contributed by atoms with Gasteiger partial charge in [-0.05, 0) is 47.9 Å². The van der Waals surface area contributed by atoms with Crippen molar-refractivity contribution in [2.24, 2.45) is 11.8 Å². The van der Waals surface area contributed by atoms with Crippen LogP contribution in [0.3, 0.4) is 0 Å². The monoisotopic (exact) mass is 522 g/mol. The summed E-state index contributed by atoms with van der Waals surface area (Å²) in [5.74, 6) is 1.65. The van der Waals surface area contributed by atoms with Gasteiger partial charge in [-0.25, -0.2) is 0 Å². The molecule has 4 heteroatoms. The van der Waals surface area contributed by atoms with Gasteiger partial charge < -0.3 is 10.6 Å². The molecule has 1 aliphatic rings. The highest BCUT2D eigenvalue weighted by Gasteiger charge is 2.35. The van der Waals surface area contributed by atoms with Gasteiger partial charge in [-0.15, -0.1) is 0 Å². The average molecular weight is 523 g/mol. The molecule has 2 aromatic carbocycles. The van der Waals surface area contributed by atoms with Gasteiger partial charge in [0.2, 0.25) is 0 Å². The molecule has 1 saturated heterocycles. The van der Waals surface area contributed by atoms with E-state index in [0.717, 1.165) is 51.2 Å². The molecule has 1 fully saturated rings. The highest BCUT2D eigenvalue weighted by atomic mass is 15.4. The van der Waals surface area contributed by atoms with Crippen molar-refractivity contribution in [3.05, 3.63) is 48.0 Å². The van der Waals surface area contributed by atoms with E-state index in [1.807, 2.05) is 0 Å². The molecule has 1 heterocycles. The first-order valence-corrected chi connectivity index (χ1v) is 15.9. The van der Waals surface area contributed by atoms with Gasteiger partial charge in [0.15, 0.2) is 0 Å².